The number of Topliss-reactive ketones (excluding diaryl/α,β-unsaturated/α-hetero) is 1. The minimum atomic E-state index is -0.736. The molecule has 3 rings (SSSR count). The second kappa shape index (κ2) is 9.30. The predicted octanol–water partition coefficient (Wildman–Crippen LogP) is 3.91. The maximum absolute atomic E-state index is 13.0. The molecule has 6 heteroatoms. The summed E-state index contributed by atoms with van der Waals surface area (Å²) in [5.74, 6) is -0.274. The van der Waals surface area contributed by atoms with Crippen LogP contribution in [0.5, 0.6) is 0 Å². The van der Waals surface area contributed by atoms with Crippen molar-refractivity contribution >= 4 is 17.4 Å². The van der Waals surface area contributed by atoms with Gasteiger partial charge >= 0.3 is 0 Å². The minimum absolute atomic E-state index is 0.0816. The van der Waals surface area contributed by atoms with Gasteiger partial charge in [-0.3, -0.25) is 9.59 Å². The van der Waals surface area contributed by atoms with Gasteiger partial charge in [0.1, 0.15) is 23.3 Å². The largest absolute Gasteiger partial charge is 0.507 e. The fraction of sp³-hybridized carbons (Fsp3) is 0.417. The van der Waals surface area contributed by atoms with Gasteiger partial charge in [-0.1, -0.05) is 45.0 Å². The summed E-state index contributed by atoms with van der Waals surface area (Å²) in [6.45, 7) is 10.7. The molecular formula is C24H30N2O4. The summed E-state index contributed by atoms with van der Waals surface area (Å²) < 4.78 is 5.80. The van der Waals surface area contributed by atoms with Crippen molar-refractivity contribution < 1.29 is 19.1 Å². The molecule has 1 aromatic carbocycles. The molecule has 0 radical (unpaired) electrons. The topological polar surface area (TPSA) is 74.0 Å². The molecule has 0 saturated carbocycles. The van der Waals surface area contributed by atoms with E-state index in [0.717, 1.165) is 25.1 Å². The lowest BCUT2D eigenvalue weighted by atomic mass is 9.98. The number of likely N-dealkylation sites (tertiary alicyclic amines) is 1. The van der Waals surface area contributed by atoms with E-state index < -0.39 is 17.7 Å². The van der Waals surface area contributed by atoms with Crippen LogP contribution in [0, 0.1) is 6.92 Å². The van der Waals surface area contributed by atoms with E-state index in [1.54, 1.807) is 24.3 Å². The Morgan fingerprint density at radius 2 is 1.73 bits per heavy atom. The van der Waals surface area contributed by atoms with Crippen molar-refractivity contribution in [3.8, 4) is 0 Å². The molecule has 1 atom stereocenters. The molecule has 30 heavy (non-hydrogen) atoms. The molecule has 0 aliphatic carbocycles. The van der Waals surface area contributed by atoms with Crippen LogP contribution in [-0.4, -0.2) is 52.8 Å². The zero-order valence-corrected chi connectivity index (χ0v) is 18.1. The first-order chi connectivity index (χ1) is 14.4. The van der Waals surface area contributed by atoms with Gasteiger partial charge in [0, 0.05) is 18.7 Å². The van der Waals surface area contributed by atoms with Gasteiger partial charge in [0.15, 0.2) is 0 Å². The Kier molecular flexibility index (Phi) is 6.77. The van der Waals surface area contributed by atoms with Crippen LogP contribution in [0.15, 0.2) is 46.4 Å². The standard InChI is InChI=1S/C24H30N2O4/c1-5-17-9-11-18(12-10-17)22(27)20-21(19-13-8-16(4)30-19)26(24(29)23(20)28)15-14-25(6-2)7-3/h8-13,21,27H,5-7,14-15H2,1-4H3/b22-20-. The third-order valence-corrected chi connectivity index (χ3v) is 5.76. The van der Waals surface area contributed by atoms with Crippen LogP contribution in [0.4, 0.5) is 0 Å². The maximum Gasteiger partial charge on any atom is 0.295 e. The molecule has 1 aliphatic heterocycles. The van der Waals surface area contributed by atoms with Crippen LogP contribution in [0.2, 0.25) is 0 Å². The highest BCUT2D eigenvalue weighted by Crippen LogP contribution is 2.39. The van der Waals surface area contributed by atoms with Crippen molar-refractivity contribution in [2.45, 2.75) is 40.2 Å². The van der Waals surface area contributed by atoms with Gasteiger partial charge in [-0.05, 0) is 44.1 Å². The highest BCUT2D eigenvalue weighted by Gasteiger charge is 2.47. The zero-order valence-electron chi connectivity index (χ0n) is 18.1. The maximum atomic E-state index is 13.0. The van der Waals surface area contributed by atoms with Crippen molar-refractivity contribution in [2.75, 3.05) is 26.2 Å². The number of carbonyl (C=O) groups excluding carboxylic acids is 2. The molecule has 1 unspecified atom stereocenters. The number of aliphatic hydroxyl groups is 1. The Hall–Kier alpha value is -2.86. The molecule has 160 valence electrons. The number of hydrogen-bond donors (Lipinski definition) is 1. The smallest absolute Gasteiger partial charge is 0.295 e. The van der Waals surface area contributed by atoms with Crippen molar-refractivity contribution in [1.82, 2.24) is 9.80 Å². The van der Waals surface area contributed by atoms with Gasteiger partial charge in [-0.2, -0.15) is 0 Å². The van der Waals surface area contributed by atoms with Crippen molar-refractivity contribution in [1.29, 1.82) is 0 Å². The van der Waals surface area contributed by atoms with Crippen molar-refractivity contribution in [3.63, 3.8) is 0 Å². The number of hydrogen-bond acceptors (Lipinski definition) is 5. The second-order valence-corrected chi connectivity index (χ2v) is 7.52. The van der Waals surface area contributed by atoms with E-state index >= 15 is 0 Å². The van der Waals surface area contributed by atoms with Gasteiger partial charge in [0.25, 0.3) is 11.7 Å². The average Bonchev–Trinajstić information content (AvgIpc) is 3.30. The van der Waals surface area contributed by atoms with Gasteiger partial charge in [0.05, 0.1) is 5.57 Å². The zero-order chi connectivity index (χ0) is 21.8. The molecule has 1 N–H and O–H groups in total. The highest BCUT2D eigenvalue weighted by molar-refractivity contribution is 6.46. The summed E-state index contributed by atoms with van der Waals surface area (Å²) in [5.41, 5.74) is 1.73. The first kappa shape index (κ1) is 21.8. The molecule has 2 heterocycles. The Morgan fingerprint density at radius 1 is 1.07 bits per heavy atom. The van der Waals surface area contributed by atoms with E-state index in [0.29, 0.717) is 30.2 Å². The number of amides is 1. The third-order valence-electron chi connectivity index (χ3n) is 5.76. The fourth-order valence-electron chi connectivity index (χ4n) is 3.85. The molecular weight excluding hydrogens is 380 g/mol. The summed E-state index contributed by atoms with van der Waals surface area (Å²) in [5, 5.41) is 11.0. The van der Waals surface area contributed by atoms with Gasteiger partial charge in [0.2, 0.25) is 0 Å². The lowest BCUT2D eigenvalue weighted by molar-refractivity contribution is -0.140. The summed E-state index contributed by atoms with van der Waals surface area (Å²) in [7, 11) is 0. The first-order valence-electron chi connectivity index (χ1n) is 10.6. The lowest BCUT2D eigenvalue weighted by Crippen LogP contribution is -2.37. The number of aryl methyl sites for hydroxylation is 2. The average molecular weight is 411 g/mol. The molecule has 1 aliphatic rings. The number of benzene rings is 1. The quantitative estimate of drug-likeness (QED) is 0.406. The SMILES string of the molecule is CCc1ccc(/C(O)=C2/C(=O)C(=O)N(CCN(CC)CC)C2c2ccc(C)o2)cc1. The fourth-order valence-corrected chi connectivity index (χ4v) is 3.85. The van der Waals surface area contributed by atoms with E-state index in [9.17, 15) is 14.7 Å². The number of aliphatic hydroxyl groups excluding tert-OH is 1. The number of likely N-dealkylation sites (N-methyl/N-ethyl adjacent to an activating group) is 1. The number of furan rings is 1. The highest BCUT2D eigenvalue weighted by atomic mass is 16.3. The van der Waals surface area contributed by atoms with Crippen molar-refractivity contribution in [3.05, 3.63) is 64.6 Å². The summed E-state index contributed by atoms with van der Waals surface area (Å²) in [4.78, 5) is 29.6. The second-order valence-electron chi connectivity index (χ2n) is 7.52. The number of ketones is 1. The summed E-state index contributed by atoms with van der Waals surface area (Å²) in [6, 6.07) is 10.2. The Morgan fingerprint density at radius 3 is 2.27 bits per heavy atom. The monoisotopic (exact) mass is 410 g/mol. The lowest BCUT2D eigenvalue weighted by Gasteiger charge is -2.26. The van der Waals surface area contributed by atoms with Crippen LogP contribution in [-0.2, 0) is 16.0 Å². The number of carbonyl (C=O) groups is 2. The van der Waals surface area contributed by atoms with Gasteiger partial charge < -0.3 is 19.3 Å². The van der Waals surface area contributed by atoms with E-state index in [1.165, 1.54) is 4.90 Å². The molecule has 0 bridgehead atoms. The van der Waals surface area contributed by atoms with Crippen LogP contribution in [0.1, 0.15) is 49.5 Å². The minimum Gasteiger partial charge on any atom is -0.507 e. The van der Waals surface area contributed by atoms with Gasteiger partial charge in [-0.15, -0.1) is 0 Å². The molecule has 1 saturated heterocycles. The van der Waals surface area contributed by atoms with E-state index in [4.69, 9.17) is 4.42 Å². The van der Waals surface area contributed by atoms with E-state index in [-0.39, 0.29) is 11.3 Å². The summed E-state index contributed by atoms with van der Waals surface area (Å²) >= 11 is 0. The van der Waals surface area contributed by atoms with Crippen LogP contribution >= 0.6 is 0 Å². The molecule has 1 fully saturated rings. The molecule has 2 aromatic rings. The van der Waals surface area contributed by atoms with E-state index in [1.807, 2.05) is 19.1 Å². The normalized spacial score (nSPS) is 18.6. The Labute approximate surface area is 177 Å². The van der Waals surface area contributed by atoms with Crippen LogP contribution in [0.25, 0.3) is 5.76 Å². The number of rotatable bonds is 8. The van der Waals surface area contributed by atoms with Gasteiger partial charge in [-0.25, -0.2) is 0 Å². The predicted molar refractivity (Wildman–Crippen MR) is 116 cm³/mol. The van der Waals surface area contributed by atoms with Crippen LogP contribution < -0.4 is 0 Å². The van der Waals surface area contributed by atoms with Crippen molar-refractivity contribution in [2.24, 2.45) is 0 Å². The molecule has 0 spiro atoms. The number of nitrogens with zero attached hydrogens (tertiary/aromatic N) is 2. The Bertz CT molecular complexity index is 938. The van der Waals surface area contributed by atoms with Crippen LogP contribution in [0.3, 0.4) is 0 Å². The first-order valence-corrected chi connectivity index (χ1v) is 10.6. The third kappa shape index (κ3) is 4.19. The molecule has 1 aromatic heterocycles. The Balaban J connectivity index is 2.05. The summed E-state index contributed by atoms with van der Waals surface area (Å²) in [6.07, 6.45) is 0.877. The molecule has 1 amide bonds. The van der Waals surface area contributed by atoms with E-state index in [2.05, 4.69) is 25.7 Å². The molecule has 6 nitrogen and oxygen atoms in total.